The van der Waals surface area contributed by atoms with Crippen molar-refractivity contribution in [1.29, 1.82) is 0 Å². The normalized spacial score (nSPS) is 13.5. The zero-order valence-corrected chi connectivity index (χ0v) is 7.97. The van der Waals surface area contributed by atoms with Gasteiger partial charge in [0.1, 0.15) is 0 Å². The van der Waals surface area contributed by atoms with Crippen molar-refractivity contribution in [3.8, 4) is 0 Å². The summed E-state index contributed by atoms with van der Waals surface area (Å²) in [6.45, 7) is 4.14. The van der Waals surface area contributed by atoms with Gasteiger partial charge in [-0.1, -0.05) is 26.7 Å². The molecule has 1 atom stereocenters. The lowest BCUT2D eigenvalue weighted by Crippen LogP contribution is -2.17. The van der Waals surface area contributed by atoms with Crippen LogP contribution in [0.15, 0.2) is 0 Å². The molecule has 0 fully saturated rings. The Kier molecular flexibility index (Phi) is 5.38. The number of carboxylic acid groups (broad SMARTS) is 1. The molecule has 0 bridgehead atoms. The summed E-state index contributed by atoms with van der Waals surface area (Å²) in [4.78, 5) is 10.3. The Morgan fingerprint density at radius 1 is 1.45 bits per heavy atom. The van der Waals surface area contributed by atoms with Gasteiger partial charge in [-0.05, 0) is 5.92 Å². The summed E-state index contributed by atoms with van der Waals surface area (Å²) in [6.07, 6.45) is 2.20. The van der Waals surface area contributed by atoms with Crippen molar-refractivity contribution >= 4 is 18.6 Å². The van der Waals surface area contributed by atoms with E-state index in [-0.39, 0.29) is 11.7 Å². The predicted octanol–water partition coefficient (Wildman–Crippen LogP) is 2.20. The Labute approximate surface area is 73.4 Å². The Balaban J connectivity index is 3.78. The van der Waals surface area contributed by atoms with Gasteiger partial charge < -0.3 is 5.11 Å². The van der Waals surface area contributed by atoms with Gasteiger partial charge >= 0.3 is 5.97 Å². The average Bonchev–Trinajstić information content (AvgIpc) is 1.88. The smallest absolute Gasteiger partial charge is 0.304 e. The molecule has 1 unspecified atom stereocenters. The van der Waals surface area contributed by atoms with E-state index in [0.717, 1.165) is 12.8 Å². The molecule has 2 nitrogen and oxygen atoms in total. The molecule has 1 N–H and O–H groups in total. The second-order valence-electron chi connectivity index (χ2n) is 2.74. The number of hydrogen-bond acceptors (Lipinski definition) is 2. The van der Waals surface area contributed by atoms with Gasteiger partial charge in [0.25, 0.3) is 0 Å². The topological polar surface area (TPSA) is 37.3 Å². The maximum Gasteiger partial charge on any atom is 0.304 e. The fourth-order valence-corrected chi connectivity index (χ4v) is 1.76. The van der Waals surface area contributed by atoms with Crippen LogP contribution in [0, 0.1) is 5.92 Å². The Hall–Kier alpha value is -0.180. The van der Waals surface area contributed by atoms with Crippen LogP contribution >= 0.6 is 12.6 Å². The van der Waals surface area contributed by atoms with Gasteiger partial charge in [0.05, 0.1) is 6.42 Å². The van der Waals surface area contributed by atoms with E-state index in [1.165, 1.54) is 0 Å². The van der Waals surface area contributed by atoms with E-state index < -0.39 is 5.97 Å². The highest BCUT2D eigenvalue weighted by molar-refractivity contribution is 7.81. The monoisotopic (exact) mass is 176 g/mol. The highest BCUT2D eigenvalue weighted by atomic mass is 32.1. The number of rotatable bonds is 5. The summed E-state index contributed by atoms with van der Waals surface area (Å²) < 4.78 is 0. The fraction of sp³-hybridized carbons (Fsp3) is 0.875. The largest absolute Gasteiger partial charge is 0.481 e. The number of carbonyl (C=O) groups is 1. The SMILES string of the molecule is CCC(CC)C(S)CC(=O)O. The minimum Gasteiger partial charge on any atom is -0.481 e. The molecule has 0 heterocycles. The lowest BCUT2D eigenvalue weighted by molar-refractivity contribution is -0.137. The van der Waals surface area contributed by atoms with Gasteiger partial charge in [-0.25, -0.2) is 0 Å². The van der Waals surface area contributed by atoms with E-state index in [9.17, 15) is 4.79 Å². The first-order chi connectivity index (χ1) is 5.11. The van der Waals surface area contributed by atoms with Gasteiger partial charge in [0.15, 0.2) is 0 Å². The zero-order valence-electron chi connectivity index (χ0n) is 7.08. The first-order valence-corrected chi connectivity index (χ1v) is 4.53. The van der Waals surface area contributed by atoms with Crippen molar-refractivity contribution in [3.63, 3.8) is 0 Å². The highest BCUT2D eigenvalue weighted by Crippen LogP contribution is 2.20. The molecule has 0 aliphatic rings. The molecule has 0 aliphatic heterocycles. The minimum atomic E-state index is -0.753. The highest BCUT2D eigenvalue weighted by Gasteiger charge is 2.16. The van der Waals surface area contributed by atoms with Crippen LogP contribution in [0.25, 0.3) is 0 Å². The molecule has 0 spiro atoms. The lowest BCUT2D eigenvalue weighted by atomic mass is 9.97. The third-order valence-electron chi connectivity index (χ3n) is 1.98. The van der Waals surface area contributed by atoms with Gasteiger partial charge in [0.2, 0.25) is 0 Å². The van der Waals surface area contributed by atoms with E-state index in [1.807, 2.05) is 0 Å². The quantitative estimate of drug-likeness (QED) is 0.630. The maximum atomic E-state index is 10.3. The van der Waals surface area contributed by atoms with Crippen LogP contribution in [0.3, 0.4) is 0 Å². The lowest BCUT2D eigenvalue weighted by Gasteiger charge is -2.17. The van der Waals surface area contributed by atoms with Gasteiger partial charge in [-0.2, -0.15) is 12.6 Å². The molecular formula is C8H16O2S. The van der Waals surface area contributed by atoms with Gasteiger partial charge in [-0.15, -0.1) is 0 Å². The maximum absolute atomic E-state index is 10.3. The Bertz CT molecular complexity index is 121. The molecule has 0 aromatic rings. The summed E-state index contributed by atoms with van der Waals surface area (Å²) >= 11 is 4.24. The number of hydrogen-bond donors (Lipinski definition) is 2. The van der Waals surface area contributed by atoms with Crippen LogP contribution in [0.4, 0.5) is 0 Å². The van der Waals surface area contributed by atoms with E-state index in [0.29, 0.717) is 5.92 Å². The zero-order chi connectivity index (χ0) is 8.85. The van der Waals surface area contributed by atoms with Crippen molar-refractivity contribution in [2.75, 3.05) is 0 Å². The van der Waals surface area contributed by atoms with Crippen LogP contribution in [0.2, 0.25) is 0 Å². The van der Waals surface area contributed by atoms with Crippen molar-refractivity contribution in [3.05, 3.63) is 0 Å². The number of aliphatic carboxylic acids is 1. The predicted molar refractivity (Wildman–Crippen MR) is 49.1 cm³/mol. The summed E-state index contributed by atoms with van der Waals surface area (Å²) in [6, 6.07) is 0. The third kappa shape index (κ3) is 4.30. The molecule has 0 saturated carbocycles. The number of thiol groups is 1. The van der Waals surface area contributed by atoms with Crippen LogP contribution in [-0.4, -0.2) is 16.3 Å². The molecule has 0 rings (SSSR count). The standard InChI is InChI=1S/C8H16O2S/c1-3-6(4-2)7(11)5-8(9)10/h6-7,11H,3-5H2,1-2H3,(H,9,10). The first-order valence-electron chi connectivity index (χ1n) is 4.01. The fourth-order valence-electron chi connectivity index (χ4n) is 1.18. The van der Waals surface area contributed by atoms with Crippen LogP contribution in [0.5, 0.6) is 0 Å². The average molecular weight is 176 g/mol. The Morgan fingerprint density at radius 3 is 2.18 bits per heavy atom. The number of carboxylic acids is 1. The van der Waals surface area contributed by atoms with Gasteiger partial charge in [-0.3, -0.25) is 4.79 Å². The summed E-state index contributed by atoms with van der Waals surface area (Å²) in [5.74, 6) is -0.314. The van der Waals surface area contributed by atoms with E-state index in [4.69, 9.17) is 5.11 Å². The molecule has 11 heavy (non-hydrogen) atoms. The van der Waals surface area contributed by atoms with Gasteiger partial charge in [0, 0.05) is 5.25 Å². The summed E-state index contributed by atoms with van der Waals surface area (Å²) in [7, 11) is 0. The van der Waals surface area contributed by atoms with Crippen LogP contribution in [-0.2, 0) is 4.79 Å². The van der Waals surface area contributed by atoms with Crippen molar-refractivity contribution in [2.24, 2.45) is 5.92 Å². The molecule has 66 valence electrons. The molecule has 0 saturated heterocycles. The molecule has 0 radical (unpaired) electrons. The molecule has 0 amide bonds. The molecule has 0 aromatic heterocycles. The molecular weight excluding hydrogens is 160 g/mol. The summed E-state index contributed by atoms with van der Waals surface area (Å²) in [5, 5.41) is 8.49. The van der Waals surface area contributed by atoms with Crippen molar-refractivity contribution < 1.29 is 9.90 Å². The minimum absolute atomic E-state index is 0.0162. The van der Waals surface area contributed by atoms with E-state index >= 15 is 0 Å². The van der Waals surface area contributed by atoms with E-state index in [2.05, 4.69) is 26.5 Å². The summed E-state index contributed by atoms with van der Waals surface area (Å²) in [5.41, 5.74) is 0. The van der Waals surface area contributed by atoms with E-state index in [1.54, 1.807) is 0 Å². The van der Waals surface area contributed by atoms with Crippen molar-refractivity contribution in [2.45, 2.75) is 38.4 Å². The molecule has 0 aromatic carbocycles. The van der Waals surface area contributed by atoms with Crippen LogP contribution < -0.4 is 0 Å². The molecule has 0 aliphatic carbocycles. The second kappa shape index (κ2) is 5.47. The van der Waals surface area contributed by atoms with Crippen LogP contribution in [0.1, 0.15) is 33.1 Å². The molecule has 3 heteroatoms. The first kappa shape index (κ1) is 10.8. The Morgan fingerprint density at radius 2 is 1.91 bits per heavy atom. The van der Waals surface area contributed by atoms with Crippen molar-refractivity contribution in [1.82, 2.24) is 0 Å². The second-order valence-corrected chi connectivity index (χ2v) is 3.41. The third-order valence-corrected chi connectivity index (χ3v) is 2.58.